The van der Waals surface area contributed by atoms with E-state index in [4.69, 9.17) is 11.4 Å². The van der Waals surface area contributed by atoms with E-state index in [9.17, 15) is 9.18 Å². The molecule has 0 spiro atoms. The highest BCUT2D eigenvalue weighted by atomic mass is 19.1. The van der Waals surface area contributed by atoms with Gasteiger partial charge in [-0.3, -0.25) is 19.3 Å². The van der Waals surface area contributed by atoms with E-state index in [1.807, 2.05) is 18.2 Å². The molecule has 3 heterocycles. The lowest BCUT2D eigenvalue weighted by Gasteiger charge is -2.14. The predicted octanol–water partition coefficient (Wildman–Crippen LogP) is 4.26. The Kier molecular flexibility index (Phi) is 7.38. The number of nitrogens with one attached hydrogen (secondary N) is 1. The molecular weight excluding hydrogens is 443 g/mol. The second kappa shape index (κ2) is 11.0. The van der Waals surface area contributed by atoms with Crippen molar-refractivity contribution in [1.29, 1.82) is 0 Å². The molecule has 8 heteroatoms. The molecule has 174 valence electrons. The summed E-state index contributed by atoms with van der Waals surface area (Å²) < 4.78 is 14.9. The monoisotopic (exact) mass is 466 g/mol. The molecule has 0 saturated heterocycles. The summed E-state index contributed by atoms with van der Waals surface area (Å²) >= 11 is 0. The van der Waals surface area contributed by atoms with Gasteiger partial charge < -0.3 is 5.32 Å². The number of halogens is 1. The number of hydrogen-bond acceptors (Lipinski definition) is 6. The van der Waals surface area contributed by atoms with E-state index in [0.717, 1.165) is 11.1 Å². The van der Waals surface area contributed by atoms with Crippen LogP contribution in [0.15, 0.2) is 82.9 Å². The van der Waals surface area contributed by atoms with Crippen LogP contribution in [0.5, 0.6) is 0 Å². The number of terminal acetylenes is 1. The maximum absolute atomic E-state index is 13.5. The smallest absolute Gasteiger partial charge is 0.295 e. The van der Waals surface area contributed by atoms with Crippen LogP contribution in [0, 0.1) is 18.2 Å². The van der Waals surface area contributed by atoms with Crippen LogP contribution in [0.2, 0.25) is 0 Å². The van der Waals surface area contributed by atoms with Gasteiger partial charge in [0.2, 0.25) is 0 Å². The van der Waals surface area contributed by atoms with E-state index in [1.54, 1.807) is 49.8 Å². The number of aromatic nitrogens is 4. The topological polar surface area (TPSA) is 85.1 Å². The molecule has 3 aromatic heterocycles. The normalized spacial score (nSPS) is 11.6. The average molecular weight is 467 g/mol. The van der Waals surface area contributed by atoms with Gasteiger partial charge in [0.05, 0.1) is 18.0 Å². The van der Waals surface area contributed by atoms with Crippen molar-refractivity contribution in [1.82, 2.24) is 19.5 Å². The van der Waals surface area contributed by atoms with Gasteiger partial charge in [-0.25, -0.2) is 14.4 Å². The fourth-order valence-corrected chi connectivity index (χ4v) is 3.47. The number of rotatable bonds is 8. The minimum absolute atomic E-state index is 0.180. The van der Waals surface area contributed by atoms with E-state index < -0.39 is 0 Å². The second-order valence-electron chi connectivity index (χ2n) is 7.63. The number of benzene rings is 1. The van der Waals surface area contributed by atoms with Crippen LogP contribution in [-0.2, 0) is 13.1 Å². The SMILES string of the molecule is C#CC/C=C\C(Cn1c(=O)c(NCc2ccncc2)nc2ccc(-c3ccc(F)cc3)nc21)=NC. The van der Waals surface area contributed by atoms with Crippen molar-refractivity contribution in [2.45, 2.75) is 19.5 Å². The van der Waals surface area contributed by atoms with E-state index in [2.05, 4.69) is 26.2 Å². The second-order valence-corrected chi connectivity index (χ2v) is 7.63. The summed E-state index contributed by atoms with van der Waals surface area (Å²) in [5, 5.41) is 3.13. The van der Waals surface area contributed by atoms with Gasteiger partial charge in [0.1, 0.15) is 11.3 Å². The van der Waals surface area contributed by atoms with Gasteiger partial charge >= 0.3 is 0 Å². The number of hydrogen-bond donors (Lipinski definition) is 1. The molecule has 35 heavy (non-hydrogen) atoms. The van der Waals surface area contributed by atoms with Gasteiger partial charge in [0.15, 0.2) is 11.5 Å². The van der Waals surface area contributed by atoms with Crippen LogP contribution in [0.3, 0.4) is 0 Å². The van der Waals surface area contributed by atoms with Crippen molar-refractivity contribution in [2.75, 3.05) is 12.4 Å². The molecule has 1 aromatic carbocycles. The number of pyridine rings is 2. The van der Waals surface area contributed by atoms with E-state index in [1.165, 1.54) is 16.7 Å². The molecule has 0 fully saturated rings. The lowest BCUT2D eigenvalue weighted by atomic mass is 10.1. The van der Waals surface area contributed by atoms with Gasteiger partial charge in [-0.1, -0.05) is 6.08 Å². The van der Waals surface area contributed by atoms with Crippen LogP contribution < -0.4 is 10.9 Å². The summed E-state index contributed by atoms with van der Waals surface area (Å²) in [5.74, 6) is 2.42. The molecule has 0 aliphatic carbocycles. The zero-order valence-electron chi connectivity index (χ0n) is 19.1. The van der Waals surface area contributed by atoms with Crippen molar-refractivity contribution in [3.8, 4) is 23.6 Å². The van der Waals surface area contributed by atoms with Gasteiger partial charge in [0, 0.05) is 38.0 Å². The van der Waals surface area contributed by atoms with Crippen LogP contribution >= 0.6 is 0 Å². The maximum atomic E-state index is 13.5. The van der Waals surface area contributed by atoms with Crippen LogP contribution in [-0.4, -0.2) is 32.3 Å². The molecule has 0 amide bonds. The predicted molar refractivity (Wildman–Crippen MR) is 137 cm³/mol. The molecule has 7 nitrogen and oxygen atoms in total. The van der Waals surface area contributed by atoms with Gasteiger partial charge in [0.25, 0.3) is 5.56 Å². The van der Waals surface area contributed by atoms with Gasteiger partial charge in [-0.15, -0.1) is 12.3 Å². The van der Waals surface area contributed by atoms with Crippen molar-refractivity contribution in [3.63, 3.8) is 0 Å². The highest BCUT2D eigenvalue weighted by molar-refractivity contribution is 5.95. The Morgan fingerprint density at radius 2 is 1.91 bits per heavy atom. The summed E-state index contributed by atoms with van der Waals surface area (Å²) in [6.45, 7) is 0.591. The van der Waals surface area contributed by atoms with E-state index in [0.29, 0.717) is 35.5 Å². The van der Waals surface area contributed by atoms with Crippen molar-refractivity contribution >= 4 is 22.7 Å². The quantitative estimate of drug-likeness (QED) is 0.310. The first-order valence-electron chi connectivity index (χ1n) is 10.9. The average Bonchev–Trinajstić information content (AvgIpc) is 2.89. The summed E-state index contributed by atoms with van der Waals surface area (Å²) in [5.41, 5.74) is 3.55. The van der Waals surface area contributed by atoms with Crippen LogP contribution in [0.4, 0.5) is 10.2 Å². The van der Waals surface area contributed by atoms with Crippen molar-refractivity contribution in [2.24, 2.45) is 4.99 Å². The largest absolute Gasteiger partial charge is 0.361 e. The van der Waals surface area contributed by atoms with Crippen molar-refractivity contribution in [3.05, 3.63) is 94.8 Å². The molecule has 1 N–H and O–H groups in total. The Bertz CT molecular complexity index is 1480. The summed E-state index contributed by atoms with van der Waals surface area (Å²) in [4.78, 5) is 31.1. The minimum atomic E-state index is -0.333. The fourth-order valence-electron chi connectivity index (χ4n) is 3.47. The maximum Gasteiger partial charge on any atom is 0.295 e. The van der Waals surface area contributed by atoms with E-state index in [-0.39, 0.29) is 23.7 Å². The Balaban J connectivity index is 1.80. The standard InChI is InChI=1S/C27H23FN6O/c1-3-4-5-6-22(29-2)18-34-26-24(12-11-23(33-26)20-7-9-21(28)10-8-20)32-25(27(34)35)31-17-19-13-15-30-16-14-19/h1,5-16H,4,17-18H2,2H3,(H,31,32)/b6-5-,29-22?. The first kappa shape index (κ1) is 23.5. The van der Waals surface area contributed by atoms with Crippen LogP contribution in [0.25, 0.3) is 22.4 Å². The Morgan fingerprint density at radius 3 is 2.63 bits per heavy atom. The molecule has 0 saturated carbocycles. The summed E-state index contributed by atoms with van der Waals surface area (Å²) in [6.07, 6.45) is 12.8. The van der Waals surface area contributed by atoms with Gasteiger partial charge in [-0.2, -0.15) is 0 Å². The van der Waals surface area contributed by atoms with Crippen LogP contribution in [0.1, 0.15) is 12.0 Å². The molecule has 0 unspecified atom stereocenters. The zero-order chi connectivity index (χ0) is 24.6. The number of aliphatic imine (C=N–C) groups is 1. The molecule has 0 bridgehead atoms. The number of nitrogens with zero attached hydrogens (tertiary/aromatic N) is 5. The Labute approximate surface area is 202 Å². The molecule has 0 aliphatic heterocycles. The fraction of sp³-hybridized carbons (Fsp3) is 0.148. The lowest BCUT2D eigenvalue weighted by molar-refractivity contribution is 0.628. The first-order chi connectivity index (χ1) is 17.1. The highest BCUT2D eigenvalue weighted by Crippen LogP contribution is 2.21. The highest BCUT2D eigenvalue weighted by Gasteiger charge is 2.15. The molecule has 0 aliphatic rings. The summed E-state index contributed by atoms with van der Waals surface area (Å²) in [6, 6.07) is 13.4. The third-order valence-corrected chi connectivity index (χ3v) is 5.29. The molecule has 4 rings (SSSR count). The first-order valence-corrected chi connectivity index (χ1v) is 10.9. The molecule has 0 atom stereocenters. The summed E-state index contributed by atoms with van der Waals surface area (Å²) in [7, 11) is 1.66. The lowest BCUT2D eigenvalue weighted by Crippen LogP contribution is -2.28. The number of fused-ring (bicyclic) bond motifs is 1. The number of anilines is 1. The van der Waals surface area contributed by atoms with Crippen molar-refractivity contribution < 1.29 is 4.39 Å². The zero-order valence-corrected chi connectivity index (χ0v) is 19.1. The Hall–Kier alpha value is -4.64. The third-order valence-electron chi connectivity index (χ3n) is 5.29. The molecule has 0 radical (unpaired) electrons. The Morgan fingerprint density at radius 1 is 1.14 bits per heavy atom. The van der Waals surface area contributed by atoms with E-state index >= 15 is 0 Å². The molecular formula is C27H23FN6O. The third kappa shape index (κ3) is 5.65. The van der Waals surface area contributed by atoms with Gasteiger partial charge in [-0.05, 0) is 60.2 Å². The number of allylic oxidation sites excluding steroid dienone is 2. The molecule has 4 aromatic rings. The minimum Gasteiger partial charge on any atom is -0.361 e.